The van der Waals surface area contributed by atoms with Crippen molar-refractivity contribution >= 4 is 10.9 Å². The molecule has 0 spiro atoms. The van der Waals surface area contributed by atoms with E-state index in [4.69, 9.17) is 14.2 Å². The number of fused-ring (bicyclic) bond motifs is 1. The molecule has 0 saturated carbocycles. The van der Waals surface area contributed by atoms with Crippen LogP contribution in [-0.4, -0.2) is 71.1 Å². The van der Waals surface area contributed by atoms with Gasteiger partial charge < -0.3 is 19.2 Å². The number of aromatic nitrogens is 5. The maximum atomic E-state index is 13.3. The van der Waals surface area contributed by atoms with Crippen LogP contribution in [0.3, 0.4) is 0 Å². The van der Waals surface area contributed by atoms with E-state index >= 15 is 0 Å². The van der Waals surface area contributed by atoms with Crippen molar-refractivity contribution in [1.29, 1.82) is 0 Å². The van der Waals surface area contributed by atoms with Gasteiger partial charge in [0, 0.05) is 24.1 Å². The lowest BCUT2D eigenvalue weighted by molar-refractivity contribution is 0.144. The van der Waals surface area contributed by atoms with Gasteiger partial charge in [0.05, 0.1) is 32.9 Å². The normalized spacial score (nSPS) is 16.4. The molecule has 0 radical (unpaired) electrons. The molecule has 0 bridgehead atoms. The van der Waals surface area contributed by atoms with Gasteiger partial charge in [0.25, 0.3) is 5.56 Å². The molecule has 4 rings (SSSR count). The summed E-state index contributed by atoms with van der Waals surface area (Å²) in [5.74, 6) is 2.46. The molecule has 10 heteroatoms. The fraction of sp³-hybridized carbons (Fsp3) is 0.545. The van der Waals surface area contributed by atoms with Gasteiger partial charge in [-0.15, -0.1) is 5.10 Å². The van der Waals surface area contributed by atoms with Gasteiger partial charge in [-0.1, -0.05) is 6.92 Å². The Hall–Kier alpha value is -2.98. The van der Waals surface area contributed by atoms with Crippen molar-refractivity contribution in [2.45, 2.75) is 32.4 Å². The molecule has 1 fully saturated rings. The molecule has 3 aromatic rings. The van der Waals surface area contributed by atoms with Crippen molar-refractivity contribution in [2.75, 3.05) is 41.0 Å². The highest BCUT2D eigenvalue weighted by molar-refractivity contribution is 5.83. The second-order valence-electron chi connectivity index (χ2n) is 8.22. The fourth-order valence-electron chi connectivity index (χ4n) is 4.28. The molecule has 1 unspecified atom stereocenters. The van der Waals surface area contributed by atoms with Crippen LogP contribution < -0.4 is 15.0 Å². The number of benzene rings is 1. The lowest BCUT2D eigenvalue weighted by atomic mass is 9.95. The van der Waals surface area contributed by atoms with Crippen molar-refractivity contribution < 1.29 is 14.2 Å². The molecular weight excluding hydrogens is 412 g/mol. The van der Waals surface area contributed by atoms with Crippen molar-refractivity contribution in [2.24, 2.45) is 5.92 Å². The van der Waals surface area contributed by atoms with E-state index in [1.54, 1.807) is 32.1 Å². The molecule has 1 atom stereocenters. The van der Waals surface area contributed by atoms with E-state index in [0.29, 0.717) is 47.5 Å². The van der Waals surface area contributed by atoms with Gasteiger partial charge in [-0.05, 0) is 54.4 Å². The summed E-state index contributed by atoms with van der Waals surface area (Å²) in [5.41, 5.74) is 1.11. The summed E-state index contributed by atoms with van der Waals surface area (Å²) in [5, 5.41) is 13.2. The number of hydrogen-bond acceptors (Lipinski definition) is 8. The first-order chi connectivity index (χ1) is 15.5. The Bertz CT molecular complexity index is 1120. The second kappa shape index (κ2) is 9.66. The molecule has 1 N–H and O–H groups in total. The van der Waals surface area contributed by atoms with Gasteiger partial charge in [-0.3, -0.25) is 9.69 Å². The number of nitrogens with zero attached hydrogens (tertiary/aromatic N) is 5. The smallest absolute Gasteiger partial charge is 0.253 e. The van der Waals surface area contributed by atoms with Crippen LogP contribution in [0.25, 0.3) is 10.9 Å². The minimum Gasteiger partial charge on any atom is -0.493 e. The Labute approximate surface area is 186 Å². The van der Waals surface area contributed by atoms with Gasteiger partial charge in [0.1, 0.15) is 6.04 Å². The lowest BCUT2D eigenvalue weighted by Gasteiger charge is -2.35. The average molecular weight is 443 g/mol. The van der Waals surface area contributed by atoms with Crippen LogP contribution in [-0.2, 0) is 11.3 Å². The maximum Gasteiger partial charge on any atom is 0.253 e. The molecule has 1 aromatic carbocycles. The largest absolute Gasteiger partial charge is 0.493 e. The summed E-state index contributed by atoms with van der Waals surface area (Å²) in [6.07, 6.45) is 2.12. The van der Waals surface area contributed by atoms with Crippen LogP contribution in [0.2, 0.25) is 0 Å². The molecule has 1 saturated heterocycles. The molecule has 3 heterocycles. The summed E-state index contributed by atoms with van der Waals surface area (Å²) >= 11 is 0. The topological polar surface area (TPSA) is 107 Å². The van der Waals surface area contributed by atoms with Crippen molar-refractivity contribution in [3.8, 4) is 11.5 Å². The standard InChI is InChI=1S/C22H30N6O4/c1-14-5-7-27(8-6-14)20(21-24-25-26-28(21)9-10-30-2)16-11-15-12-18(31-3)19(32-4)13-17(15)23-22(16)29/h11-14,20H,5-10H2,1-4H3,(H,23,29). The number of pyridine rings is 1. The van der Waals surface area contributed by atoms with Crippen molar-refractivity contribution in [1.82, 2.24) is 30.1 Å². The predicted molar refractivity (Wildman–Crippen MR) is 119 cm³/mol. The van der Waals surface area contributed by atoms with Gasteiger partial charge in [-0.25, -0.2) is 4.68 Å². The molecule has 172 valence electrons. The van der Waals surface area contributed by atoms with E-state index in [1.807, 2.05) is 12.1 Å². The van der Waals surface area contributed by atoms with Gasteiger partial charge in [0.2, 0.25) is 0 Å². The van der Waals surface area contributed by atoms with Crippen LogP contribution in [0.15, 0.2) is 23.0 Å². The number of tetrazole rings is 1. The summed E-state index contributed by atoms with van der Waals surface area (Å²) in [4.78, 5) is 18.6. The van der Waals surface area contributed by atoms with E-state index in [2.05, 4.69) is 32.3 Å². The Morgan fingerprint density at radius 3 is 2.53 bits per heavy atom. The van der Waals surface area contributed by atoms with E-state index in [9.17, 15) is 4.79 Å². The number of hydrogen-bond donors (Lipinski definition) is 1. The van der Waals surface area contributed by atoms with Crippen LogP contribution in [0.1, 0.15) is 37.2 Å². The van der Waals surface area contributed by atoms with Crippen molar-refractivity contribution in [3.63, 3.8) is 0 Å². The lowest BCUT2D eigenvalue weighted by Crippen LogP contribution is -2.40. The summed E-state index contributed by atoms with van der Waals surface area (Å²) in [6, 6.07) is 5.19. The first-order valence-electron chi connectivity index (χ1n) is 10.8. The number of rotatable bonds is 8. The third kappa shape index (κ3) is 4.33. The number of ether oxygens (including phenoxy) is 3. The Kier molecular flexibility index (Phi) is 6.71. The Morgan fingerprint density at radius 1 is 1.12 bits per heavy atom. The number of H-pyrrole nitrogens is 1. The highest BCUT2D eigenvalue weighted by Crippen LogP contribution is 2.34. The Morgan fingerprint density at radius 2 is 1.84 bits per heavy atom. The van der Waals surface area contributed by atoms with E-state index in [1.165, 1.54) is 0 Å². The number of likely N-dealkylation sites (tertiary alicyclic amines) is 1. The number of methoxy groups -OCH3 is 3. The van der Waals surface area contributed by atoms with E-state index < -0.39 is 0 Å². The van der Waals surface area contributed by atoms with Crippen molar-refractivity contribution in [3.05, 3.63) is 39.9 Å². The minimum atomic E-state index is -0.365. The highest BCUT2D eigenvalue weighted by atomic mass is 16.5. The molecule has 32 heavy (non-hydrogen) atoms. The zero-order valence-corrected chi connectivity index (χ0v) is 19.0. The molecule has 0 aliphatic carbocycles. The van der Waals surface area contributed by atoms with E-state index in [-0.39, 0.29) is 11.6 Å². The monoisotopic (exact) mass is 442 g/mol. The summed E-state index contributed by atoms with van der Waals surface area (Å²) in [6.45, 7) is 4.99. The first-order valence-corrected chi connectivity index (χ1v) is 10.8. The predicted octanol–water partition coefficient (Wildman–Crippen LogP) is 2.00. The summed E-state index contributed by atoms with van der Waals surface area (Å²) < 4.78 is 17.8. The average Bonchev–Trinajstić information content (AvgIpc) is 3.26. The first kappa shape index (κ1) is 22.2. The zero-order chi connectivity index (χ0) is 22.7. The van der Waals surface area contributed by atoms with Crippen LogP contribution in [0, 0.1) is 5.92 Å². The third-order valence-electron chi connectivity index (χ3n) is 6.17. The number of piperidine rings is 1. The van der Waals surface area contributed by atoms with Crippen LogP contribution in [0.5, 0.6) is 11.5 Å². The number of nitrogens with one attached hydrogen (secondary N) is 1. The molecule has 2 aromatic heterocycles. The highest BCUT2D eigenvalue weighted by Gasteiger charge is 2.32. The fourth-order valence-corrected chi connectivity index (χ4v) is 4.28. The molecule has 0 amide bonds. The molecular formula is C22H30N6O4. The maximum absolute atomic E-state index is 13.3. The quantitative estimate of drug-likeness (QED) is 0.564. The van der Waals surface area contributed by atoms with Crippen LogP contribution >= 0.6 is 0 Å². The zero-order valence-electron chi connectivity index (χ0n) is 19.0. The number of aromatic amines is 1. The SMILES string of the molecule is COCCn1nnnc1C(c1cc2cc(OC)c(OC)cc2[nH]c1=O)N1CCC(C)CC1. The molecule has 10 nitrogen and oxygen atoms in total. The third-order valence-corrected chi connectivity index (χ3v) is 6.17. The molecule has 1 aliphatic rings. The van der Waals surface area contributed by atoms with Gasteiger partial charge in [-0.2, -0.15) is 0 Å². The van der Waals surface area contributed by atoms with Gasteiger partial charge in [0.15, 0.2) is 17.3 Å². The summed E-state index contributed by atoms with van der Waals surface area (Å²) in [7, 11) is 4.81. The minimum absolute atomic E-state index is 0.172. The van der Waals surface area contributed by atoms with Gasteiger partial charge >= 0.3 is 0 Å². The Balaban J connectivity index is 1.84. The second-order valence-corrected chi connectivity index (χ2v) is 8.22. The van der Waals surface area contributed by atoms with Crippen LogP contribution in [0.4, 0.5) is 0 Å². The molecule has 1 aliphatic heterocycles. The van der Waals surface area contributed by atoms with E-state index in [0.717, 1.165) is 31.3 Å².